The van der Waals surface area contributed by atoms with Crippen LogP contribution in [0.1, 0.15) is 25.0 Å². The van der Waals surface area contributed by atoms with Gasteiger partial charge in [-0.1, -0.05) is 85.8 Å². The van der Waals surface area contributed by atoms with E-state index in [2.05, 4.69) is 53.4 Å². The summed E-state index contributed by atoms with van der Waals surface area (Å²) in [6.45, 7) is 4.28. The van der Waals surface area contributed by atoms with Crippen molar-refractivity contribution in [1.82, 2.24) is 20.0 Å². The molecule has 2 aromatic carbocycles. The highest BCUT2D eigenvalue weighted by Gasteiger charge is 2.44. The molecule has 5 nitrogen and oxygen atoms in total. The normalized spacial score (nSPS) is 12.8. The topological polar surface area (TPSA) is 69.6 Å². The first-order chi connectivity index (χ1) is 14.1. The van der Waals surface area contributed by atoms with Gasteiger partial charge >= 0.3 is 0 Å². The number of hydrogen-bond acceptors (Lipinski definition) is 4. The summed E-state index contributed by atoms with van der Waals surface area (Å²) in [4.78, 5) is 4.42. The standard InChI is InChI=1S/C24H25N5/c1-18(2)23(25)24(19-11-5-3-6-12-19,20-13-7-4-8-14-20)29-17-22(27-28-29)21-15-9-10-16-26-21/h3-18,23H,25H2,1-2H3/t23-/m0/s1. The predicted octanol–water partition coefficient (Wildman–Crippen LogP) is 4.12. The minimum atomic E-state index is -0.698. The number of nitrogens with two attached hydrogens (primary N) is 1. The quantitative estimate of drug-likeness (QED) is 0.544. The zero-order valence-corrected chi connectivity index (χ0v) is 16.7. The third-order valence-electron chi connectivity index (χ3n) is 5.41. The lowest BCUT2D eigenvalue weighted by molar-refractivity contribution is 0.259. The van der Waals surface area contributed by atoms with E-state index in [1.165, 1.54) is 0 Å². The molecule has 0 spiro atoms. The van der Waals surface area contributed by atoms with Crippen molar-refractivity contribution in [2.75, 3.05) is 0 Å². The zero-order valence-electron chi connectivity index (χ0n) is 16.7. The Balaban J connectivity index is 1.99. The second kappa shape index (κ2) is 7.97. The smallest absolute Gasteiger partial charge is 0.131 e. The van der Waals surface area contributed by atoms with Crippen LogP contribution >= 0.6 is 0 Å². The maximum atomic E-state index is 6.94. The molecular weight excluding hydrogens is 358 g/mol. The lowest BCUT2D eigenvalue weighted by Gasteiger charge is -2.41. The number of benzene rings is 2. The molecule has 2 aromatic heterocycles. The number of aromatic nitrogens is 4. The van der Waals surface area contributed by atoms with Gasteiger partial charge in [-0.15, -0.1) is 5.10 Å². The van der Waals surface area contributed by atoms with Gasteiger partial charge in [0.05, 0.1) is 11.9 Å². The Bertz CT molecular complexity index is 1000. The number of rotatable bonds is 6. The average Bonchev–Trinajstić information content (AvgIpc) is 3.27. The second-order valence-electron chi connectivity index (χ2n) is 7.53. The summed E-state index contributed by atoms with van der Waals surface area (Å²) in [5.41, 5.74) is 9.89. The predicted molar refractivity (Wildman–Crippen MR) is 115 cm³/mol. The molecule has 4 aromatic rings. The maximum absolute atomic E-state index is 6.94. The Hall–Kier alpha value is -3.31. The van der Waals surface area contributed by atoms with Crippen LogP contribution in [0.15, 0.2) is 91.3 Å². The molecule has 5 heteroatoms. The van der Waals surface area contributed by atoms with Crippen molar-refractivity contribution in [1.29, 1.82) is 0 Å². The van der Waals surface area contributed by atoms with Crippen LogP contribution in [0.4, 0.5) is 0 Å². The number of hydrogen-bond donors (Lipinski definition) is 1. The molecule has 29 heavy (non-hydrogen) atoms. The van der Waals surface area contributed by atoms with Crippen LogP contribution in [0.2, 0.25) is 0 Å². The van der Waals surface area contributed by atoms with Crippen LogP contribution in [0.25, 0.3) is 11.4 Å². The van der Waals surface area contributed by atoms with E-state index in [0.717, 1.165) is 22.5 Å². The SMILES string of the molecule is CC(C)[C@H](N)C(c1ccccc1)(c1ccccc1)n1cc(-c2ccccn2)nn1. The van der Waals surface area contributed by atoms with Gasteiger partial charge in [0.2, 0.25) is 0 Å². The summed E-state index contributed by atoms with van der Waals surface area (Å²) < 4.78 is 1.91. The van der Waals surface area contributed by atoms with Crippen molar-refractivity contribution in [3.05, 3.63) is 102 Å². The fourth-order valence-corrected chi connectivity index (χ4v) is 3.90. The summed E-state index contributed by atoms with van der Waals surface area (Å²) >= 11 is 0. The van der Waals surface area contributed by atoms with Crippen molar-refractivity contribution in [2.24, 2.45) is 11.7 Å². The van der Waals surface area contributed by atoms with Crippen LogP contribution in [0.5, 0.6) is 0 Å². The molecule has 0 radical (unpaired) electrons. The van der Waals surface area contributed by atoms with Crippen molar-refractivity contribution in [3.8, 4) is 11.4 Å². The van der Waals surface area contributed by atoms with Gasteiger partial charge in [-0.25, -0.2) is 4.68 Å². The number of pyridine rings is 1. The molecule has 0 amide bonds. The van der Waals surface area contributed by atoms with Crippen molar-refractivity contribution >= 4 is 0 Å². The molecule has 2 heterocycles. The monoisotopic (exact) mass is 383 g/mol. The summed E-state index contributed by atoms with van der Waals surface area (Å²) in [6.07, 6.45) is 3.71. The van der Waals surface area contributed by atoms with Crippen molar-refractivity contribution < 1.29 is 0 Å². The maximum Gasteiger partial charge on any atom is 0.131 e. The first kappa shape index (κ1) is 19.0. The first-order valence-electron chi connectivity index (χ1n) is 9.85. The van der Waals surface area contributed by atoms with Gasteiger partial charge in [-0.05, 0) is 29.2 Å². The van der Waals surface area contributed by atoms with E-state index in [1.807, 2.05) is 65.5 Å². The summed E-state index contributed by atoms with van der Waals surface area (Å²) in [6, 6.07) is 26.2. The van der Waals surface area contributed by atoms with E-state index in [4.69, 9.17) is 5.73 Å². The molecule has 4 rings (SSSR count). The Labute approximate surface area is 171 Å². The van der Waals surface area contributed by atoms with Crippen molar-refractivity contribution in [2.45, 2.75) is 25.4 Å². The molecule has 0 saturated carbocycles. The Morgan fingerprint density at radius 2 is 1.38 bits per heavy atom. The molecule has 0 aliphatic rings. The van der Waals surface area contributed by atoms with Crippen LogP contribution in [0, 0.1) is 5.92 Å². The van der Waals surface area contributed by atoms with E-state index >= 15 is 0 Å². The molecule has 0 bridgehead atoms. The molecule has 0 unspecified atom stereocenters. The van der Waals surface area contributed by atoms with E-state index in [9.17, 15) is 0 Å². The largest absolute Gasteiger partial charge is 0.325 e. The highest BCUT2D eigenvalue weighted by molar-refractivity contribution is 5.52. The fraction of sp³-hybridized carbons (Fsp3) is 0.208. The van der Waals surface area contributed by atoms with Gasteiger partial charge in [-0.2, -0.15) is 0 Å². The summed E-state index contributed by atoms with van der Waals surface area (Å²) in [7, 11) is 0. The van der Waals surface area contributed by atoms with Gasteiger partial charge in [0, 0.05) is 12.2 Å². The third-order valence-corrected chi connectivity index (χ3v) is 5.41. The Morgan fingerprint density at radius 1 is 0.793 bits per heavy atom. The van der Waals surface area contributed by atoms with Gasteiger partial charge in [0.25, 0.3) is 0 Å². The van der Waals surface area contributed by atoms with Crippen LogP contribution < -0.4 is 5.73 Å². The molecule has 146 valence electrons. The average molecular weight is 383 g/mol. The summed E-state index contributed by atoms with van der Waals surface area (Å²) in [5, 5.41) is 9.01. The zero-order chi connectivity index (χ0) is 20.3. The molecule has 1 atom stereocenters. The Kier molecular flexibility index (Phi) is 5.23. The van der Waals surface area contributed by atoms with Gasteiger partial charge in [-0.3, -0.25) is 4.98 Å². The lowest BCUT2D eigenvalue weighted by atomic mass is 9.73. The molecule has 2 N–H and O–H groups in total. The fourth-order valence-electron chi connectivity index (χ4n) is 3.90. The van der Waals surface area contributed by atoms with Crippen LogP contribution in [0.3, 0.4) is 0 Å². The minimum absolute atomic E-state index is 0.206. The van der Waals surface area contributed by atoms with E-state index < -0.39 is 5.54 Å². The van der Waals surface area contributed by atoms with Crippen LogP contribution in [-0.2, 0) is 5.54 Å². The molecule has 0 aliphatic heterocycles. The number of nitrogens with zero attached hydrogens (tertiary/aromatic N) is 4. The molecule has 0 fully saturated rings. The Morgan fingerprint density at radius 3 is 1.90 bits per heavy atom. The summed E-state index contributed by atoms with van der Waals surface area (Å²) in [5.74, 6) is 0.206. The van der Waals surface area contributed by atoms with Gasteiger partial charge < -0.3 is 5.73 Å². The molecule has 0 aliphatic carbocycles. The highest BCUT2D eigenvalue weighted by Crippen LogP contribution is 2.39. The van der Waals surface area contributed by atoms with Crippen molar-refractivity contribution in [3.63, 3.8) is 0 Å². The minimum Gasteiger partial charge on any atom is -0.325 e. The molecule has 0 saturated heterocycles. The van der Waals surface area contributed by atoms with E-state index in [1.54, 1.807) is 6.20 Å². The third kappa shape index (κ3) is 3.34. The van der Waals surface area contributed by atoms with E-state index in [-0.39, 0.29) is 12.0 Å². The highest BCUT2D eigenvalue weighted by atomic mass is 15.5. The van der Waals surface area contributed by atoms with Gasteiger partial charge in [0.15, 0.2) is 0 Å². The molecular formula is C24H25N5. The van der Waals surface area contributed by atoms with E-state index in [0.29, 0.717) is 0 Å². The second-order valence-corrected chi connectivity index (χ2v) is 7.53. The van der Waals surface area contributed by atoms with Gasteiger partial charge in [0.1, 0.15) is 11.2 Å². The lowest BCUT2D eigenvalue weighted by Crippen LogP contribution is -2.54. The van der Waals surface area contributed by atoms with Crippen LogP contribution in [-0.4, -0.2) is 26.0 Å². The first-order valence-corrected chi connectivity index (χ1v) is 9.85.